The van der Waals surface area contributed by atoms with Gasteiger partial charge < -0.3 is 0 Å². The van der Waals surface area contributed by atoms with Crippen LogP contribution in [0.4, 0.5) is 0 Å². The largest absolute Gasteiger partial charge is 0.0880 e. The van der Waals surface area contributed by atoms with E-state index in [1.54, 1.807) is 22.3 Å². The summed E-state index contributed by atoms with van der Waals surface area (Å²) in [6.07, 6.45) is 2.62. The third-order valence-electron chi connectivity index (χ3n) is 6.12. The number of hydrogen-bond acceptors (Lipinski definition) is 0. The quantitative estimate of drug-likeness (QED) is 0.438. The van der Waals surface area contributed by atoms with Crippen LogP contribution in [0.2, 0.25) is 0 Å². The summed E-state index contributed by atoms with van der Waals surface area (Å²) in [5.74, 6) is 0. The molecule has 138 valence electrons. The van der Waals surface area contributed by atoms with E-state index in [4.69, 9.17) is 0 Å². The molecule has 2 aromatic carbocycles. The average Bonchev–Trinajstić information content (AvgIpc) is 3.12. The summed E-state index contributed by atoms with van der Waals surface area (Å²) in [5, 5.41) is 0.797. The zero-order chi connectivity index (χ0) is 18.7. The highest BCUT2D eigenvalue weighted by molar-refractivity contribution is 7.63. The van der Waals surface area contributed by atoms with E-state index >= 15 is 0 Å². The van der Waals surface area contributed by atoms with Gasteiger partial charge in [0.25, 0.3) is 0 Å². The lowest BCUT2D eigenvalue weighted by atomic mass is 9.98. The zero-order valence-corrected chi connectivity index (χ0v) is 18.9. The van der Waals surface area contributed by atoms with Crippen molar-refractivity contribution in [1.29, 1.82) is 0 Å². The SMILES string of the molecule is CC(C)(C)[P@@]1Cc2ccccc2[C@@H]1[C@@H]1c2ccccc2C[P@]1C(C)(C)C. The van der Waals surface area contributed by atoms with Crippen molar-refractivity contribution >= 4 is 15.8 Å². The van der Waals surface area contributed by atoms with Crippen molar-refractivity contribution in [2.75, 3.05) is 0 Å². The third-order valence-corrected chi connectivity index (χ3v) is 13.7. The van der Waals surface area contributed by atoms with Crippen LogP contribution >= 0.6 is 15.8 Å². The molecule has 0 saturated carbocycles. The normalized spacial score (nSPS) is 28.1. The first-order valence-electron chi connectivity index (χ1n) is 9.87. The van der Waals surface area contributed by atoms with Gasteiger partial charge in [0, 0.05) is 11.3 Å². The van der Waals surface area contributed by atoms with Gasteiger partial charge >= 0.3 is 0 Å². The van der Waals surface area contributed by atoms with Crippen molar-refractivity contribution < 1.29 is 0 Å². The van der Waals surface area contributed by atoms with Gasteiger partial charge in [-0.25, -0.2) is 0 Å². The van der Waals surface area contributed by atoms with Gasteiger partial charge in [-0.2, -0.15) is 0 Å². The number of benzene rings is 2. The first-order valence-corrected chi connectivity index (χ1v) is 13.1. The molecular formula is C24H32P2. The predicted molar refractivity (Wildman–Crippen MR) is 119 cm³/mol. The molecule has 0 aromatic heterocycles. The topological polar surface area (TPSA) is 0 Å². The van der Waals surface area contributed by atoms with E-state index in [0.717, 1.165) is 11.3 Å². The summed E-state index contributed by atoms with van der Waals surface area (Å²) >= 11 is 0. The molecule has 2 heterocycles. The Morgan fingerprint density at radius 2 is 0.962 bits per heavy atom. The molecule has 4 atom stereocenters. The molecule has 0 amide bonds. The molecule has 0 bridgehead atoms. The fourth-order valence-corrected chi connectivity index (χ4v) is 12.3. The second-order valence-electron chi connectivity index (χ2n) is 9.88. The lowest BCUT2D eigenvalue weighted by molar-refractivity contribution is 0.736. The van der Waals surface area contributed by atoms with Crippen molar-refractivity contribution in [3.05, 3.63) is 70.8 Å². The van der Waals surface area contributed by atoms with Crippen LogP contribution in [-0.4, -0.2) is 10.3 Å². The first-order chi connectivity index (χ1) is 12.2. The van der Waals surface area contributed by atoms with E-state index in [9.17, 15) is 0 Å². The van der Waals surface area contributed by atoms with Crippen LogP contribution in [0.3, 0.4) is 0 Å². The Morgan fingerprint density at radius 3 is 1.31 bits per heavy atom. The summed E-state index contributed by atoms with van der Waals surface area (Å²) in [6, 6.07) is 18.7. The second kappa shape index (κ2) is 6.43. The van der Waals surface area contributed by atoms with Crippen LogP contribution in [0.15, 0.2) is 48.5 Å². The van der Waals surface area contributed by atoms with Gasteiger partial charge in [0.1, 0.15) is 0 Å². The molecule has 2 aliphatic rings. The van der Waals surface area contributed by atoms with Gasteiger partial charge in [-0.1, -0.05) is 106 Å². The summed E-state index contributed by atoms with van der Waals surface area (Å²) in [4.78, 5) is 0. The van der Waals surface area contributed by atoms with Crippen LogP contribution in [0, 0.1) is 0 Å². The van der Waals surface area contributed by atoms with Gasteiger partial charge in [0.05, 0.1) is 0 Å². The smallest absolute Gasteiger partial charge is 0.0161 e. The summed E-state index contributed by atoms with van der Waals surface area (Å²) in [7, 11) is -0.139. The first kappa shape index (κ1) is 18.7. The van der Waals surface area contributed by atoms with Crippen LogP contribution < -0.4 is 0 Å². The maximum absolute atomic E-state index is 2.48. The lowest BCUT2D eigenvalue weighted by Crippen LogP contribution is -2.20. The lowest BCUT2D eigenvalue weighted by Gasteiger charge is -2.42. The fourth-order valence-electron chi connectivity index (χ4n) is 4.82. The molecule has 0 saturated heterocycles. The Hall–Kier alpha value is -0.700. The average molecular weight is 382 g/mol. The summed E-state index contributed by atoms with van der Waals surface area (Å²) < 4.78 is 0. The molecule has 0 radical (unpaired) electrons. The highest BCUT2D eigenvalue weighted by atomic mass is 31.1. The van der Waals surface area contributed by atoms with E-state index in [1.807, 2.05) is 0 Å². The number of hydrogen-bond donors (Lipinski definition) is 0. The molecule has 0 aliphatic carbocycles. The van der Waals surface area contributed by atoms with E-state index in [-0.39, 0.29) is 15.8 Å². The summed E-state index contributed by atoms with van der Waals surface area (Å²) in [5.41, 5.74) is 8.07. The molecule has 0 nitrogen and oxygen atoms in total. The monoisotopic (exact) mass is 382 g/mol. The number of fused-ring (bicyclic) bond motifs is 2. The van der Waals surface area contributed by atoms with Crippen LogP contribution in [0.1, 0.15) is 75.1 Å². The van der Waals surface area contributed by atoms with E-state index in [2.05, 4.69) is 90.1 Å². The maximum atomic E-state index is 2.48. The fraction of sp³-hybridized carbons (Fsp3) is 0.500. The Kier molecular flexibility index (Phi) is 4.61. The van der Waals surface area contributed by atoms with Crippen molar-refractivity contribution in [3.8, 4) is 0 Å². The minimum absolute atomic E-state index is 0.0695. The Morgan fingerprint density at radius 1 is 0.615 bits per heavy atom. The minimum atomic E-state index is -0.0695. The Balaban J connectivity index is 1.89. The predicted octanol–water partition coefficient (Wildman–Crippen LogP) is 8.06. The Bertz CT molecular complexity index is 740. The highest BCUT2D eigenvalue weighted by Gasteiger charge is 2.50. The molecule has 2 aromatic rings. The van der Waals surface area contributed by atoms with Crippen molar-refractivity contribution in [3.63, 3.8) is 0 Å². The van der Waals surface area contributed by atoms with Gasteiger partial charge in [-0.3, -0.25) is 0 Å². The van der Waals surface area contributed by atoms with E-state index in [1.165, 1.54) is 12.3 Å². The zero-order valence-electron chi connectivity index (χ0n) is 17.1. The van der Waals surface area contributed by atoms with Crippen molar-refractivity contribution in [2.24, 2.45) is 0 Å². The molecule has 0 fully saturated rings. The number of rotatable bonds is 1. The second-order valence-corrected chi connectivity index (χ2v) is 16.2. The molecule has 0 N–H and O–H groups in total. The maximum Gasteiger partial charge on any atom is 0.0161 e. The molecule has 26 heavy (non-hydrogen) atoms. The van der Waals surface area contributed by atoms with Gasteiger partial charge in [-0.05, 0) is 44.9 Å². The summed E-state index contributed by atoms with van der Waals surface area (Å²) in [6.45, 7) is 14.9. The van der Waals surface area contributed by atoms with Gasteiger partial charge in [0.2, 0.25) is 0 Å². The van der Waals surface area contributed by atoms with E-state index in [0.29, 0.717) is 10.3 Å². The van der Waals surface area contributed by atoms with Gasteiger partial charge in [0.15, 0.2) is 0 Å². The standard InChI is InChI=1S/C24H32P2/c1-23(2,3)25-15-17-11-7-9-13-19(17)21(25)22-20-14-10-8-12-18(20)16-26(22)24(4,5)6/h7-14,21-22H,15-16H2,1-6H3/t21-,22+,25-,26-/m0/s1. The highest BCUT2D eigenvalue weighted by Crippen LogP contribution is 2.80. The van der Waals surface area contributed by atoms with E-state index < -0.39 is 0 Å². The minimum Gasteiger partial charge on any atom is -0.0880 e. The third kappa shape index (κ3) is 3.08. The Labute approximate surface area is 162 Å². The molecule has 0 unspecified atom stereocenters. The van der Waals surface area contributed by atoms with Gasteiger partial charge in [-0.15, -0.1) is 0 Å². The molecule has 4 rings (SSSR count). The van der Waals surface area contributed by atoms with Crippen LogP contribution in [0.5, 0.6) is 0 Å². The molecule has 2 heteroatoms. The van der Waals surface area contributed by atoms with Crippen LogP contribution in [0.25, 0.3) is 0 Å². The van der Waals surface area contributed by atoms with Crippen molar-refractivity contribution in [1.82, 2.24) is 0 Å². The molecule has 0 spiro atoms. The molecular weight excluding hydrogens is 350 g/mol. The van der Waals surface area contributed by atoms with Crippen molar-refractivity contribution in [2.45, 2.75) is 75.5 Å². The molecule has 2 aliphatic heterocycles. The van der Waals surface area contributed by atoms with Crippen LogP contribution in [-0.2, 0) is 12.3 Å².